The van der Waals surface area contributed by atoms with Crippen molar-refractivity contribution in [1.29, 1.82) is 0 Å². The normalized spacial score (nSPS) is 12.8. The fourth-order valence-electron chi connectivity index (χ4n) is 4.49. The van der Waals surface area contributed by atoms with Gasteiger partial charge in [-0.2, -0.15) is 13.2 Å². The van der Waals surface area contributed by atoms with Crippen molar-refractivity contribution in [2.45, 2.75) is 31.0 Å². The maximum Gasteiger partial charge on any atom is 0.405 e. The Morgan fingerprint density at radius 2 is 1.84 bits per heavy atom. The predicted octanol–water partition coefficient (Wildman–Crippen LogP) is 2.83. The van der Waals surface area contributed by atoms with E-state index in [1.165, 1.54) is 37.6 Å². The molecule has 0 bridgehead atoms. The highest BCUT2D eigenvalue weighted by molar-refractivity contribution is 7.90. The van der Waals surface area contributed by atoms with Crippen LogP contribution in [0.4, 0.5) is 13.2 Å². The van der Waals surface area contributed by atoms with Crippen molar-refractivity contribution in [3.8, 4) is 23.2 Å². The molecule has 16 heteroatoms. The van der Waals surface area contributed by atoms with Gasteiger partial charge in [-0.05, 0) is 46.1 Å². The number of nitrogens with zero attached hydrogens (tertiary/aromatic N) is 6. The van der Waals surface area contributed by atoms with Gasteiger partial charge >= 0.3 is 11.9 Å². The Morgan fingerprint density at radius 3 is 2.51 bits per heavy atom. The molecule has 0 saturated heterocycles. The van der Waals surface area contributed by atoms with Gasteiger partial charge in [-0.3, -0.25) is 14.3 Å². The van der Waals surface area contributed by atoms with Crippen molar-refractivity contribution in [1.82, 2.24) is 38.7 Å². The van der Waals surface area contributed by atoms with Gasteiger partial charge in [0.25, 0.3) is 10.0 Å². The van der Waals surface area contributed by atoms with Crippen molar-refractivity contribution >= 4 is 38.1 Å². The number of halogens is 3. The van der Waals surface area contributed by atoms with E-state index in [-0.39, 0.29) is 33.1 Å². The number of imidazole rings is 1. The number of benzene rings is 1. The summed E-state index contributed by atoms with van der Waals surface area (Å²) in [6.07, 6.45) is -0.626. The molecule has 45 heavy (non-hydrogen) atoms. The fraction of sp³-hybridized carbons (Fsp3) is 0.276. The second-order valence-electron chi connectivity index (χ2n) is 10.5. The lowest BCUT2D eigenvalue weighted by atomic mass is 10.1. The smallest absolute Gasteiger partial charge is 0.345 e. The molecule has 5 rings (SSSR count). The zero-order valence-corrected chi connectivity index (χ0v) is 25.3. The Hall–Kier alpha value is -5.01. The number of amides is 1. The number of nitrogens with one attached hydrogen (secondary N) is 2. The Kier molecular flexibility index (Phi) is 8.25. The molecule has 1 unspecified atom stereocenters. The van der Waals surface area contributed by atoms with E-state index in [9.17, 15) is 31.2 Å². The minimum Gasteiger partial charge on any atom is -0.345 e. The van der Waals surface area contributed by atoms with E-state index < -0.39 is 40.4 Å². The SMILES string of the molecule is Cc1ccc(S(=O)(=O)n2cc(-c3ncc4[nH]c(=O)n(C(C)C(=O)NCC(F)(F)F)c4n3)c3cc(C#CCN(C)C)cnc32)cc1. The van der Waals surface area contributed by atoms with E-state index in [2.05, 4.69) is 31.8 Å². The molecule has 0 fully saturated rings. The quantitative estimate of drug-likeness (QED) is 0.258. The number of carbonyl (C=O) groups is 1. The third-order valence-electron chi connectivity index (χ3n) is 6.75. The van der Waals surface area contributed by atoms with Gasteiger partial charge < -0.3 is 10.3 Å². The standard InChI is InChI=1S/C29H27F3N8O4S/c1-17-7-9-20(10-8-17)45(43,44)39-15-22(21-12-19(13-34-25(21)39)6-5-11-38(3)4)24-33-14-23-26(37-24)40(28(42)36-23)18(2)27(41)35-16-29(30,31)32/h7-10,12-15,18H,11,16H2,1-4H3,(H,35,41)(H,36,42). The molecule has 1 aromatic carbocycles. The maximum absolute atomic E-state index is 13.8. The Labute approximate surface area is 255 Å². The van der Waals surface area contributed by atoms with Crippen LogP contribution in [-0.2, 0) is 14.8 Å². The number of pyridine rings is 1. The lowest BCUT2D eigenvalue weighted by Gasteiger charge is -2.14. The summed E-state index contributed by atoms with van der Waals surface area (Å²) in [4.78, 5) is 42.9. The first-order valence-electron chi connectivity index (χ1n) is 13.4. The number of aryl methyl sites for hydroxylation is 1. The topological polar surface area (TPSA) is 148 Å². The number of alkyl halides is 3. The van der Waals surface area contributed by atoms with Crippen LogP contribution in [0.3, 0.4) is 0 Å². The van der Waals surface area contributed by atoms with Crippen LogP contribution in [-0.4, -0.2) is 81.1 Å². The van der Waals surface area contributed by atoms with Gasteiger partial charge in [-0.15, -0.1) is 0 Å². The average Bonchev–Trinajstić information content (AvgIpc) is 3.52. The monoisotopic (exact) mass is 640 g/mol. The first kappa shape index (κ1) is 31.4. The molecular formula is C29H27F3N8O4S. The third kappa shape index (κ3) is 6.44. The zero-order valence-electron chi connectivity index (χ0n) is 24.5. The summed E-state index contributed by atoms with van der Waals surface area (Å²) < 4.78 is 67.6. The highest BCUT2D eigenvalue weighted by atomic mass is 32.2. The number of hydrogen-bond acceptors (Lipinski definition) is 8. The van der Waals surface area contributed by atoms with Crippen molar-refractivity contribution in [3.05, 3.63) is 70.5 Å². The highest BCUT2D eigenvalue weighted by Gasteiger charge is 2.30. The molecule has 0 radical (unpaired) electrons. The summed E-state index contributed by atoms with van der Waals surface area (Å²) in [6, 6.07) is 6.55. The van der Waals surface area contributed by atoms with Gasteiger partial charge in [0.1, 0.15) is 18.1 Å². The van der Waals surface area contributed by atoms with Crippen LogP contribution < -0.4 is 11.0 Å². The summed E-state index contributed by atoms with van der Waals surface area (Å²) >= 11 is 0. The number of aromatic amines is 1. The minimum absolute atomic E-state index is 0.0164. The Balaban J connectivity index is 1.68. The van der Waals surface area contributed by atoms with Crippen LogP contribution in [0.5, 0.6) is 0 Å². The molecule has 1 amide bonds. The van der Waals surface area contributed by atoms with Crippen LogP contribution >= 0.6 is 0 Å². The summed E-state index contributed by atoms with van der Waals surface area (Å²) in [5, 5.41) is 2.10. The molecule has 4 heterocycles. The average molecular weight is 641 g/mol. The first-order valence-corrected chi connectivity index (χ1v) is 14.9. The van der Waals surface area contributed by atoms with Crippen molar-refractivity contribution in [3.63, 3.8) is 0 Å². The summed E-state index contributed by atoms with van der Waals surface area (Å²) in [7, 11) is -0.430. The molecule has 5 aromatic rings. The van der Waals surface area contributed by atoms with Crippen LogP contribution in [0, 0.1) is 18.8 Å². The Morgan fingerprint density at radius 1 is 1.13 bits per heavy atom. The number of fused-ring (bicyclic) bond motifs is 2. The van der Waals surface area contributed by atoms with Gasteiger partial charge in [-0.1, -0.05) is 29.5 Å². The predicted molar refractivity (Wildman–Crippen MR) is 160 cm³/mol. The van der Waals surface area contributed by atoms with Crippen LogP contribution in [0.1, 0.15) is 24.1 Å². The van der Waals surface area contributed by atoms with Crippen molar-refractivity contribution in [2.24, 2.45) is 0 Å². The number of hydrogen-bond donors (Lipinski definition) is 2. The van der Waals surface area contributed by atoms with Crippen molar-refractivity contribution < 1.29 is 26.4 Å². The first-order chi connectivity index (χ1) is 21.2. The summed E-state index contributed by atoms with van der Waals surface area (Å²) in [5.74, 6) is 4.91. The van der Waals surface area contributed by atoms with E-state index in [0.29, 0.717) is 17.5 Å². The molecule has 0 spiro atoms. The van der Waals surface area contributed by atoms with Crippen LogP contribution in [0.25, 0.3) is 33.6 Å². The Bertz CT molecular complexity index is 2160. The molecule has 2 N–H and O–H groups in total. The molecule has 0 aliphatic carbocycles. The second kappa shape index (κ2) is 11.8. The van der Waals surface area contributed by atoms with E-state index in [0.717, 1.165) is 14.1 Å². The molecule has 4 aromatic heterocycles. The fourth-order valence-corrected chi connectivity index (χ4v) is 5.81. The molecule has 0 saturated carbocycles. The zero-order chi connectivity index (χ0) is 32.7. The van der Waals surface area contributed by atoms with Crippen molar-refractivity contribution in [2.75, 3.05) is 27.2 Å². The van der Waals surface area contributed by atoms with Gasteiger partial charge in [0.2, 0.25) is 5.91 Å². The van der Waals surface area contributed by atoms with Gasteiger partial charge in [0.05, 0.1) is 17.6 Å². The van der Waals surface area contributed by atoms with E-state index in [1.54, 1.807) is 23.5 Å². The van der Waals surface area contributed by atoms with Gasteiger partial charge in [0.15, 0.2) is 17.1 Å². The number of H-pyrrole nitrogens is 1. The summed E-state index contributed by atoms with van der Waals surface area (Å²) in [6.45, 7) is 1.97. The number of rotatable bonds is 7. The van der Waals surface area contributed by atoms with Crippen LogP contribution in [0.2, 0.25) is 0 Å². The molecule has 0 aliphatic heterocycles. The van der Waals surface area contributed by atoms with E-state index in [1.807, 2.05) is 25.9 Å². The summed E-state index contributed by atoms with van der Waals surface area (Å²) in [5.41, 5.74) is 0.896. The van der Waals surface area contributed by atoms with Gasteiger partial charge in [-0.25, -0.2) is 32.1 Å². The third-order valence-corrected chi connectivity index (χ3v) is 8.41. The number of aromatic nitrogens is 6. The van der Waals surface area contributed by atoms with Gasteiger partial charge in [0, 0.05) is 28.9 Å². The van der Waals surface area contributed by atoms with E-state index >= 15 is 0 Å². The lowest BCUT2D eigenvalue weighted by molar-refractivity contribution is -0.140. The van der Waals surface area contributed by atoms with E-state index in [4.69, 9.17) is 0 Å². The minimum atomic E-state index is -4.65. The molecule has 1 atom stereocenters. The lowest BCUT2D eigenvalue weighted by Crippen LogP contribution is -2.39. The largest absolute Gasteiger partial charge is 0.405 e. The second-order valence-corrected chi connectivity index (χ2v) is 12.3. The molecule has 0 aliphatic rings. The molecular weight excluding hydrogens is 613 g/mol. The highest BCUT2D eigenvalue weighted by Crippen LogP contribution is 2.32. The maximum atomic E-state index is 13.8. The molecule has 12 nitrogen and oxygen atoms in total. The number of carbonyl (C=O) groups excluding carboxylic acids is 1. The molecule has 234 valence electrons. The van der Waals surface area contributed by atoms with Crippen LogP contribution in [0.15, 0.2) is 58.6 Å².